The van der Waals surface area contributed by atoms with Crippen molar-refractivity contribution in [1.29, 1.82) is 0 Å². The Bertz CT molecular complexity index is 443. The van der Waals surface area contributed by atoms with E-state index in [1.165, 1.54) is 19.1 Å². The van der Waals surface area contributed by atoms with Gasteiger partial charge >= 0.3 is 0 Å². The Morgan fingerprint density at radius 3 is 2.17 bits per heavy atom. The molecule has 0 aliphatic heterocycles. The highest BCUT2D eigenvalue weighted by Crippen LogP contribution is 2.19. The van der Waals surface area contributed by atoms with Crippen molar-refractivity contribution in [3.63, 3.8) is 0 Å². The zero-order valence-electron chi connectivity index (χ0n) is 10.9. The Hall–Kier alpha value is -0.580. The largest absolute Gasteiger partial charge is 0.324 e. The van der Waals surface area contributed by atoms with Crippen LogP contribution in [0.25, 0.3) is 0 Å². The average molecular weight is 292 g/mol. The Morgan fingerprint density at radius 2 is 1.72 bits per heavy atom. The van der Waals surface area contributed by atoms with Crippen LogP contribution in [0.3, 0.4) is 0 Å². The second-order valence-corrected chi connectivity index (χ2v) is 6.46. The van der Waals surface area contributed by atoms with E-state index in [0.717, 1.165) is 18.4 Å². The van der Waals surface area contributed by atoms with E-state index in [-0.39, 0.29) is 18.4 Å². The molecule has 0 bridgehead atoms. The third-order valence-corrected chi connectivity index (χ3v) is 3.98. The van der Waals surface area contributed by atoms with E-state index in [4.69, 9.17) is 5.73 Å². The summed E-state index contributed by atoms with van der Waals surface area (Å²) in [6, 6.07) is 6.89. The molecule has 0 spiro atoms. The number of sulfone groups is 1. The summed E-state index contributed by atoms with van der Waals surface area (Å²) in [5.41, 5.74) is 7.05. The molecule has 0 radical (unpaired) electrons. The van der Waals surface area contributed by atoms with Crippen LogP contribution in [-0.2, 0) is 9.84 Å². The second-order valence-electron chi connectivity index (χ2n) is 4.44. The number of unbranched alkanes of at least 4 members (excludes halogenated alkanes) is 2. The minimum atomic E-state index is -3.11. The number of nitrogens with two attached hydrogens (primary N) is 1. The highest BCUT2D eigenvalue weighted by molar-refractivity contribution is 7.90. The predicted molar refractivity (Wildman–Crippen MR) is 77.9 cm³/mol. The fourth-order valence-corrected chi connectivity index (χ4v) is 2.37. The molecule has 0 aliphatic carbocycles. The third kappa shape index (κ3) is 5.38. The van der Waals surface area contributed by atoms with Crippen molar-refractivity contribution in [1.82, 2.24) is 0 Å². The standard InChI is InChI=1S/C13H21NO2S.ClH/c1-3-4-5-6-13(14)11-7-9-12(10-8-11)17(2,15)16;/h7-10,13H,3-6,14H2,1-2H3;1H/t13-;/m0./s1. The normalized spacial score (nSPS) is 12.8. The number of rotatable bonds is 6. The summed E-state index contributed by atoms with van der Waals surface area (Å²) >= 11 is 0. The van der Waals surface area contributed by atoms with Gasteiger partial charge in [0, 0.05) is 12.3 Å². The monoisotopic (exact) mass is 291 g/mol. The molecule has 1 atom stereocenters. The van der Waals surface area contributed by atoms with Gasteiger partial charge in [-0.3, -0.25) is 0 Å². The Labute approximate surface area is 116 Å². The molecule has 0 saturated carbocycles. The fraction of sp³-hybridized carbons (Fsp3) is 0.538. The summed E-state index contributed by atoms with van der Waals surface area (Å²) in [5.74, 6) is 0. The van der Waals surface area contributed by atoms with Gasteiger partial charge in [-0.05, 0) is 24.1 Å². The van der Waals surface area contributed by atoms with Crippen LogP contribution in [0.1, 0.15) is 44.2 Å². The van der Waals surface area contributed by atoms with Crippen LogP contribution in [-0.4, -0.2) is 14.7 Å². The molecular formula is C13H22ClNO2S. The molecule has 104 valence electrons. The van der Waals surface area contributed by atoms with Gasteiger partial charge in [0.05, 0.1) is 4.90 Å². The first-order chi connectivity index (χ1) is 7.95. The zero-order valence-corrected chi connectivity index (χ0v) is 12.6. The van der Waals surface area contributed by atoms with Crippen LogP contribution < -0.4 is 5.73 Å². The van der Waals surface area contributed by atoms with E-state index in [1.54, 1.807) is 12.1 Å². The first-order valence-corrected chi connectivity index (χ1v) is 7.90. The molecule has 0 saturated heterocycles. The van der Waals surface area contributed by atoms with Crippen LogP contribution in [0.2, 0.25) is 0 Å². The number of hydrogen-bond donors (Lipinski definition) is 1. The van der Waals surface area contributed by atoms with Gasteiger partial charge in [0.1, 0.15) is 0 Å². The second kappa shape index (κ2) is 7.77. The lowest BCUT2D eigenvalue weighted by Crippen LogP contribution is -2.10. The van der Waals surface area contributed by atoms with Crippen molar-refractivity contribution in [3.8, 4) is 0 Å². The molecule has 18 heavy (non-hydrogen) atoms. The van der Waals surface area contributed by atoms with Gasteiger partial charge in [0.25, 0.3) is 0 Å². The Kier molecular flexibility index (Phi) is 7.52. The van der Waals surface area contributed by atoms with Gasteiger partial charge in [-0.25, -0.2) is 8.42 Å². The van der Waals surface area contributed by atoms with E-state index in [0.29, 0.717) is 4.90 Å². The van der Waals surface area contributed by atoms with Crippen LogP contribution >= 0.6 is 12.4 Å². The van der Waals surface area contributed by atoms with Crippen molar-refractivity contribution in [2.45, 2.75) is 43.5 Å². The first kappa shape index (κ1) is 17.4. The molecule has 0 amide bonds. The lowest BCUT2D eigenvalue weighted by Gasteiger charge is -2.12. The summed E-state index contributed by atoms with van der Waals surface area (Å²) in [7, 11) is -3.11. The lowest BCUT2D eigenvalue weighted by atomic mass is 10.0. The smallest absolute Gasteiger partial charge is 0.175 e. The fourth-order valence-electron chi connectivity index (χ4n) is 1.74. The Balaban J connectivity index is 0.00000289. The van der Waals surface area contributed by atoms with E-state index in [1.807, 2.05) is 12.1 Å². The van der Waals surface area contributed by atoms with Gasteiger partial charge < -0.3 is 5.73 Å². The summed E-state index contributed by atoms with van der Waals surface area (Å²) in [4.78, 5) is 0.349. The van der Waals surface area contributed by atoms with Gasteiger partial charge in [-0.2, -0.15) is 0 Å². The molecular weight excluding hydrogens is 270 g/mol. The molecule has 1 aromatic rings. The highest BCUT2D eigenvalue weighted by atomic mass is 35.5. The van der Waals surface area contributed by atoms with E-state index in [2.05, 4.69) is 6.92 Å². The summed E-state index contributed by atoms with van der Waals surface area (Å²) in [6.45, 7) is 2.16. The van der Waals surface area contributed by atoms with Gasteiger partial charge in [-0.1, -0.05) is 38.3 Å². The van der Waals surface area contributed by atoms with E-state index in [9.17, 15) is 8.42 Å². The minimum Gasteiger partial charge on any atom is -0.324 e. The molecule has 3 nitrogen and oxygen atoms in total. The maximum atomic E-state index is 11.3. The SMILES string of the molecule is CCCCC[C@H](N)c1ccc(S(C)(=O)=O)cc1.Cl. The molecule has 0 aromatic heterocycles. The topological polar surface area (TPSA) is 60.2 Å². The Morgan fingerprint density at radius 1 is 1.17 bits per heavy atom. The van der Waals surface area contributed by atoms with Crippen molar-refractivity contribution < 1.29 is 8.42 Å². The quantitative estimate of drug-likeness (QED) is 0.819. The zero-order chi connectivity index (χ0) is 12.9. The van der Waals surface area contributed by atoms with Crippen LogP contribution in [0.5, 0.6) is 0 Å². The summed E-state index contributed by atoms with van der Waals surface area (Å²) < 4.78 is 22.6. The molecule has 0 fully saturated rings. The number of halogens is 1. The number of benzene rings is 1. The molecule has 0 aliphatic rings. The van der Waals surface area contributed by atoms with Crippen LogP contribution in [0, 0.1) is 0 Å². The van der Waals surface area contributed by atoms with Crippen molar-refractivity contribution >= 4 is 22.2 Å². The lowest BCUT2D eigenvalue weighted by molar-refractivity contribution is 0.580. The maximum absolute atomic E-state index is 11.3. The first-order valence-electron chi connectivity index (χ1n) is 6.00. The summed E-state index contributed by atoms with van der Waals surface area (Å²) in [6.07, 6.45) is 5.65. The van der Waals surface area contributed by atoms with Gasteiger partial charge in [0.15, 0.2) is 9.84 Å². The molecule has 1 aromatic carbocycles. The van der Waals surface area contributed by atoms with Crippen molar-refractivity contribution in [3.05, 3.63) is 29.8 Å². The number of hydrogen-bond acceptors (Lipinski definition) is 3. The van der Waals surface area contributed by atoms with E-state index < -0.39 is 9.84 Å². The molecule has 0 heterocycles. The molecule has 2 N–H and O–H groups in total. The maximum Gasteiger partial charge on any atom is 0.175 e. The van der Waals surface area contributed by atoms with Crippen molar-refractivity contribution in [2.24, 2.45) is 5.73 Å². The minimum absolute atomic E-state index is 0. The highest BCUT2D eigenvalue weighted by Gasteiger charge is 2.09. The van der Waals surface area contributed by atoms with Gasteiger partial charge in [-0.15, -0.1) is 12.4 Å². The molecule has 1 rings (SSSR count). The van der Waals surface area contributed by atoms with Crippen molar-refractivity contribution in [2.75, 3.05) is 6.26 Å². The third-order valence-electron chi connectivity index (χ3n) is 2.86. The summed E-state index contributed by atoms with van der Waals surface area (Å²) in [5, 5.41) is 0. The molecule has 0 unspecified atom stereocenters. The van der Waals surface area contributed by atoms with Gasteiger partial charge in [0.2, 0.25) is 0 Å². The van der Waals surface area contributed by atoms with Crippen LogP contribution in [0.15, 0.2) is 29.2 Å². The average Bonchev–Trinajstić information content (AvgIpc) is 2.28. The van der Waals surface area contributed by atoms with E-state index >= 15 is 0 Å². The molecule has 5 heteroatoms. The van der Waals surface area contributed by atoms with Crippen LogP contribution in [0.4, 0.5) is 0 Å². The predicted octanol–water partition coefficient (Wildman–Crippen LogP) is 3.09.